The molecule has 0 aliphatic carbocycles. The number of fused-ring (bicyclic) bond motifs is 1. The van der Waals surface area contributed by atoms with Gasteiger partial charge < -0.3 is 11.1 Å². The van der Waals surface area contributed by atoms with Gasteiger partial charge in [0.2, 0.25) is 5.95 Å². The highest BCUT2D eigenvalue weighted by Crippen LogP contribution is 2.37. The van der Waals surface area contributed by atoms with Gasteiger partial charge in [-0.05, 0) is 36.2 Å². The van der Waals surface area contributed by atoms with Crippen molar-refractivity contribution in [1.29, 1.82) is 5.26 Å². The van der Waals surface area contributed by atoms with Gasteiger partial charge in [-0.1, -0.05) is 30.3 Å². The SMILES string of the molecule is CC(Nc1nc(N)ncc1C#N)c1nc2ccc(F)cc2c(CS(C)(=O)=O)c1-c1ccccc1. The summed E-state index contributed by atoms with van der Waals surface area (Å²) in [6, 6.07) is 14.8. The molecule has 8 nitrogen and oxygen atoms in total. The van der Waals surface area contributed by atoms with Gasteiger partial charge in [-0.25, -0.2) is 22.8 Å². The monoisotopic (exact) mass is 476 g/mol. The molecule has 4 rings (SSSR count). The van der Waals surface area contributed by atoms with E-state index in [1.54, 1.807) is 0 Å². The lowest BCUT2D eigenvalue weighted by atomic mass is 9.93. The molecule has 172 valence electrons. The second-order valence-electron chi connectivity index (χ2n) is 7.92. The smallest absolute Gasteiger partial charge is 0.222 e. The maximum absolute atomic E-state index is 14.2. The first-order chi connectivity index (χ1) is 16.2. The van der Waals surface area contributed by atoms with Gasteiger partial charge >= 0.3 is 0 Å². The number of pyridine rings is 1. The lowest BCUT2D eigenvalue weighted by molar-refractivity contribution is 0.601. The zero-order valence-corrected chi connectivity index (χ0v) is 19.3. The van der Waals surface area contributed by atoms with Crippen molar-refractivity contribution in [1.82, 2.24) is 15.0 Å². The van der Waals surface area contributed by atoms with Crippen LogP contribution >= 0.6 is 0 Å². The standard InChI is InChI=1S/C24H21FN6O2S/c1-14(29-23-16(11-26)12-28-24(27)31-23)22-21(15-6-4-3-5-7-15)19(13-34(2,32)33)18-10-17(25)8-9-20(18)30-22/h3-10,12,14H,13H2,1-2H3,(H3,27,28,29,31). The number of anilines is 2. The minimum Gasteiger partial charge on any atom is -0.368 e. The summed E-state index contributed by atoms with van der Waals surface area (Å²) in [5.74, 6) is -0.565. The Morgan fingerprint density at radius 2 is 1.91 bits per heavy atom. The second-order valence-corrected chi connectivity index (χ2v) is 10.1. The number of nitrogen functional groups attached to an aromatic ring is 1. The molecule has 0 aliphatic heterocycles. The average Bonchev–Trinajstić information content (AvgIpc) is 2.79. The molecular weight excluding hydrogens is 455 g/mol. The number of rotatable bonds is 6. The number of hydrogen-bond acceptors (Lipinski definition) is 8. The number of hydrogen-bond donors (Lipinski definition) is 2. The quantitative estimate of drug-likeness (QED) is 0.426. The number of nitrogens with one attached hydrogen (secondary N) is 1. The molecule has 2 aromatic heterocycles. The van der Waals surface area contributed by atoms with Crippen LogP contribution in [0.2, 0.25) is 0 Å². The van der Waals surface area contributed by atoms with Crippen molar-refractivity contribution in [3.05, 3.63) is 77.4 Å². The molecule has 1 atom stereocenters. The van der Waals surface area contributed by atoms with E-state index in [2.05, 4.69) is 15.3 Å². The molecule has 2 heterocycles. The Kier molecular flexibility index (Phi) is 6.13. The summed E-state index contributed by atoms with van der Waals surface area (Å²) in [4.78, 5) is 12.7. The van der Waals surface area contributed by atoms with Gasteiger partial charge in [0.05, 0.1) is 29.2 Å². The Morgan fingerprint density at radius 3 is 2.59 bits per heavy atom. The fraction of sp³-hybridized carbons (Fsp3) is 0.167. The minimum atomic E-state index is -3.48. The van der Waals surface area contributed by atoms with E-state index in [-0.39, 0.29) is 23.1 Å². The Morgan fingerprint density at radius 1 is 1.18 bits per heavy atom. The van der Waals surface area contributed by atoms with Gasteiger partial charge in [0.15, 0.2) is 9.84 Å². The predicted octanol–water partition coefficient (Wildman–Crippen LogP) is 4.00. The van der Waals surface area contributed by atoms with Crippen molar-refractivity contribution >= 4 is 32.5 Å². The van der Waals surface area contributed by atoms with Gasteiger partial charge in [0, 0.05) is 17.2 Å². The lowest BCUT2D eigenvalue weighted by Gasteiger charge is -2.22. The molecule has 0 amide bonds. The van der Waals surface area contributed by atoms with Crippen molar-refractivity contribution in [3.63, 3.8) is 0 Å². The number of nitriles is 1. The van der Waals surface area contributed by atoms with E-state index < -0.39 is 21.7 Å². The summed E-state index contributed by atoms with van der Waals surface area (Å²) in [6.45, 7) is 1.81. The Balaban J connectivity index is 2.00. The fourth-order valence-electron chi connectivity index (χ4n) is 3.84. The van der Waals surface area contributed by atoms with E-state index in [1.165, 1.54) is 24.4 Å². The molecule has 0 spiro atoms. The van der Waals surface area contributed by atoms with E-state index in [4.69, 9.17) is 10.7 Å². The third kappa shape index (κ3) is 4.79. The number of nitrogens with zero attached hydrogens (tertiary/aromatic N) is 4. The van der Waals surface area contributed by atoms with Gasteiger partial charge in [-0.2, -0.15) is 10.2 Å². The molecule has 1 unspecified atom stereocenters. The van der Waals surface area contributed by atoms with Crippen LogP contribution in [0.5, 0.6) is 0 Å². The van der Waals surface area contributed by atoms with Crippen LogP contribution < -0.4 is 11.1 Å². The number of sulfone groups is 1. The van der Waals surface area contributed by atoms with Gasteiger partial charge in [-0.15, -0.1) is 0 Å². The van der Waals surface area contributed by atoms with Crippen LogP contribution in [0.25, 0.3) is 22.0 Å². The highest BCUT2D eigenvalue weighted by Gasteiger charge is 2.24. The third-order valence-electron chi connectivity index (χ3n) is 5.24. The first-order valence-corrected chi connectivity index (χ1v) is 12.4. The maximum atomic E-state index is 14.2. The molecule has 0 saturated heterocycles. The molecule has 2 aromatic carbocycles. The van der Waals surface area contributed by atoms with Crippen molar-refractivity contribution in [2.24, 2.45) is 0 Å². The van der Waals surface area contributed by atoms with Crippen molar-refractivity contribution in [2.75, 3.05) is 17.3 Å². The largest absolute Gasteiger partial charge is 0.368 e. The number of aromatic nitrogens is 3. The van der Waals surface area contributed by atoms with Crippen LogP contribution in [0.3, 0.4) is 0 Å². The summed E-state index contributed by atoms with van der Waals surface area (Å²) in [5, 5.41) is 13.0. The minimum absolute atomic E-state index is 0.00306. The first-order valence-electron chi connectivity index (χ1n) is 10.3. The van der Waals surface area contributed by atoms with Crippen LogP contribution in [-0.2, 0) is 15.6 Å². The van der Waals surface area contributed by atoms with E-state index in [0.717, 1.165) is 11.8 Å². The number of benzene rings is 2. The molecule has 0 saturated carbocycles. The van der Waals surface area contributed by atoms with Crippen LogP contribution in [0.4, 0.5) is 16.2 Å². The summed E-state index contributed by atoms with van der Waals surface area (Å²) in [6.07, 6.45) is 2.46. The predicted molar refractivity (Wildman–Crippen MR) is 129 cm³/mol. The summed E-state index contributed by atoms with van der Waals surface area (Å²) in [5.41, 5.74) is 8.63. The van der Waals surface area contributed by atoms with Gasteiger partial charge in [-0.3, -0.25) is 0 Å². The summed E-state index contributed by atoms with van der Waals surface area (Å²) in [7, 11) is -3.48. The fourth-order valence-corrected chi connectivity index (χ4v) is 4.66. The van der Waals surface area contributed by atoms with Crippen LogP contribution in [0.1, 0.15) is 29.8 Å². The van der Waals surface area contributed by atoms with E-state index in [9.17, 15) is 18.1 Å². The van der Waals surface area contributed by atoms with Gasteiger partial charge in [0.1, 0.15) is 23.3 Å². The molecule has 4 aromatic rings. The second kappa shape index (κ2) is 9.03. The normalized spacial score (nSPS) is 12.3. The number of nitrogens with two attached hydrogens (primary N) is 1. The van der Waals surface area contributed by atoms with Crippen LogP contribution in [-0.4, -0.2) is 29.6 Å². The van der Waals surface area contributed by atoms with E-state index >= 15 is 0 Å². The highest BCUT2D eigenvalue weighted by atomic mass is 32.2. The van der Waals surface area contributed by atoms with Crippen molar-refractivity contribution in [2.45, 2.75) is 18.7 Å². The Bertz CT molecular complexity index is 1540. The topological polar surface area (TPSA) is 135 Å². The van der Waals surface area contributed by atoms with Crippen molar-refractivity contribution < 1.29 is 12.8 Å². The zero-order chi connectivity index (χ0) is 24.5. The number of halogens is 1. The Labute approximate surface area is 196 Å². The third-order valence-corrected chi connectivity index (χ3v) is 6.06. The molecule has 10 heteroatoms. The first kappa shape index (κ1) is 23.1. The van der Waals surface area contributed by atoms with Crippen LogP contribution in [0.15, 0.2) is 54.7 Å². The Hall–Kier alpha value is -4.10. The van der Waals surface area contributed by atoms with Gasteiger partial charge in [0.25, 0.3) is 0 Å². The maximum Gasteiger partial charge on any atom is 0.222 e. The van der Waals surface area contributed by atoms with Crippen molar-refractivity contribution in [3.8, 4) is 17.2 Å². The molecule has 0 bridgehead atoms. The molecule has 3 N–H and O–H groups in total. The molecule has 0 fully saturated rings. The molecule has 34 heavy (non-hydrogen) atoms. The highest BCUT2D eigenvalue weighted by molar-refractivity contribution is 7.89. The molecular formula is C24H21FN6O2S. The lowest BCUT2D eigenvalue weighted by Crippen LogP contribution is -2.15. The summed E-state index contributed by atoms with van der Waals surface area (Å²) >= 11 is 0. The molecule has 0 radical (unpaired) electrons. The molecule has 0 aliphatic rings. The average molecular weight is 477 g/mol. The van der Waals surface area contributed by atoms with E-state index in [1.807, 2.05) is 43.3 Å². The van der Waals surface area contributed by atoms with Crippen LogP contribution in [0, 0.1) is 17.1 Å². The summed E-state index contributed by atoms with van der Waals surface area (Å²) < 4.78 is 39.0. The zero-order valence-electron chi connectivity index (χ0n) is 18.4. The van der Waals surface area contributed by atoms with E-state index in [0.29, 0.717) is 27.7 Å².